The van der Waals surface area contributed by atoms with Gasteiger partial charge in [0.1, 0.15) is 11.4 Å². The zero-order valence-corrected chi connectivity index (χ0v) is 5.39. The highest BCUT2D eigenvalue weighted by molar-refractivity contribution is 5.97. The van der Waals surface area contributed by atoms with Crippen LogP contribution < -0.4 is 11.3 Å². The molecule has 0 saturated heterocycles. The maximum atomic E-state index is 10.7. The Labute approximate surface area is 56.2 Å². The summed E-state index contributed by atoms with van der Waals surface area (Å²) in [6.45, 7) is 1.29. The summed E-state index contributed by atoms with van der Waals surface area (Å²) in [4.78, 5) is 21.3. The summed E-state index contributed by atoms with van der Waals surface area (Å²) in [6.07, 6.45) is 0. The minimum Gasteiger partial charge on any atom is -0.383 e. The molecule has 0 aliphatic heterocycles. The molecule has 1 aromatic heterocycles. The number of Topliss-reactive ketones (excluding diaryl/α,β-unsaturated/α-hetero) is 1. The zero-order chi connectivity index (χ0) is 7.72. The fourth-order valence-electron chi connectivity index (χ4n) is 0.721. The number of carbonyl (C=O) groups is 1. The minimum absolute atomic E-state index is 0.000000000000000222. The molecule has 0 spiro atoms. The van der Waals surface area contributed by atoms with Crippen LogP contribution in [0.1, 0.15) is 17.3 Å². The lowest BCUT2D eigenvalue weighted by molar-refractivity contribution is 0.101. The normalized spacial score (nSPS) is 9.70. The summed E-state index contributed by atoms with van der Waals surface area (Å²) in [5.41, 5.74) is 4.77. The van der Waals surface area contributed by atoms with Crippen molar-refractivity contribution in [3.05, 3.63) is 15.9 Å². The molecule has 0 aliphatic carbocycles. The largest absolute Gasteiger partial charge is 0.383 e. The number of hydrogen-bond donors (Lipinski definition) is 3. The second kappa shape index (κ2) is 2.02. The average molecular weight is 141 g/mol. The Bertz CT molecular complexity index is 309. The Balaban J connectivity index is 3.37. The molecule has 0 aliphatic rings. The van der Waals surface area contributed by atoms with Crippen molar-refractivity contribution in [3.8, 4) is 0 Å². The van der Waals surface area contributed by atoms with Gasteiger partial charge < -0.3 is 5.73 Å². The van der Waals surface area contributed by atoms with Gasteiger partial charge in [-0.25, -0.2) is 0 Å². The maximum Gasteiger partial charge on any atom is 0.277 e. The number of H-pyrrole nitrogens is 2. The molecular weight excluding hydrogens is 134 g/mol. The van der Waals surface area contributed by atoms with Gasteiger partial charge in [-0.3, -0.25) is 19.8 Å². The quantitative estimate of drug-likeness (QED) is 0.460. The van der Waals surface area contributed by atoms with E-state index in [1.54, 1.807) is 0 Å². The summed E-state index contributed by atoms with van der Waals surface area (Å²) in [6, 6.07) is 0. The molecule has 1 heterocycles. The molecular formula is C5H7N3O2. The van der Waals surface area contributed by atoms with Crippen LogP contribution in [-0.4, -0.2) is 16.0 Å². The molecule has 54 valence electrons. The first-order valence-corrected chi connectivity index (χ1v) is 2.70. The molecule has 5 nitrogen and oxygen atoms in total. The summed E-state index contributed by atoms with van der Waals surface area (Å²) in [5, 5.41) is 4.53. The van der Waals surface area contributed by atoms with Crippen LogP contribution in [0.4, 0.5) is 5.82 Å². The van der Waals surface area contributed by atoms with Crippen LogP contribution in [0.5, 0.6) is 0 Å². The first kappa shape index (κ1) is 6.60. The Kier molecular flexibility index (Phi) is 1.33. The maximum absolute atomic E-state index is 10.7. The van der Waals surface area contributed by atoms with E-state index in [9.17, 15) is 9.59 Å². The lowest BCUT2D eigenvalue weighted by Gasteiger charge is -1.85. The SMILES string of the molecule is CC(=O)c1c(N)[nH][nH]c1=O. The van der Waals surface area contributed by atoms with Crippen LogP contribution in [0, 0.1) is 0 Å². The van der Waals surface area contributed by atoms with Crippen LogP contribution in [-0.2, 0) is 0 Å². The van der Waals surface area contributed by atoms with Gasteiger partial charge in [-0.15, -0.1) is 0 Å². The molecule has 0 aromatic carbocycles. The van der Waals surface area contributed by atoms with Crippen LogP contribution in [0.25, 0.3) is 0 Å². The molecule has 0 fully saturated rings. The minimum atomic E-state index is -0.468. The van der Waals surface area contributed by atoms with Crippen LogP contribution in [0.2, 0.25) is 0 Å². The van der Waals surface area contributed by atoms with Crippen LogP contribution in [0.15, 0.2) is 4.79 Å². The van der Waals surface area contributed by atoms with E-state index in [1.807, 2.05) is 0 Å². The van der Waals surface area contributed by atoms with Crippen LogP contribution >= 0.6 is 0 Å². The summed E-state index contributed by atoms with van der Waals surface area (Å²) in [5.74, 6) is -0.238. The van der Waals surface area contributed by atoms with Crippen molar-refractivity contribution in [1.82, 2.24) is 10.2 Å². The molecule has 0 atom stereocenters. The molecule has 10 heavy (non-hydrogen) atoms. The van der Waals surface area contributed by atoms with Gasteiger partial charge in [0.15, 0.2) is 5.78 Å². The predicted molar refractivity (Wildman–Crippen MR) is 35.8 cm³/mol. The number of aromatic amines is 2. The number of nitrogen functional groups attached to an aromatic ring is 1. The molecule has 0 saturated carbocycles. The second-order valence-electron chi connectivity index (χ2n) is 1.92. The third-order valence-electron chi connectivity index (χ3n) is 1.16. The number of nitrogens with one attached hydrogen (secondary N) is 2. The first-order valence-electron chi connectivity index (χ1n) is 2.70. The van der Waals surface area contributed by atoms with E-state index in [-0.39, 0.29) is 17.2 Å². The monoisotopic (exact) mass is 141 g/mol. The summed E-state index contributed by atoms with van der Waals surface area (Å²) < 4.78 is 0. The number of aromatic nitrogens is 2. The topological polar surface area (TPSA) is 91.7 Å². The van der Waals surface area contributed by atoms with Gasteiger partial charge >= 0.3 is 0 Å². The van der Waals surface area contributed by atoms with Crippen molar-refractivity contribution in [3.63, 3.8) is 0 Å². The predicted octanol–water partition coefficient (Wildman–Crippen LogP) is -0.512. The molecule has 1 aromatic rings. The van der Waals surface area contributed by atoms with E-state index >= 15 is 0 Å². The third kappa shape index (κ3) is 0.812. The smallest absolute Gasteiger partial charge is 0.277 e. The van der Waals surface area contributed by atoms with Gasteiger partial charge in [0.05, 0.1) is 0 Å². The number of ketones is 1. The van der Waals surface area contributed by atoms with E-state index < -0.39 is 5.56 Å². The average Bonchev–Trinajstić information content (AvgIpc) is 2.11. The van der Waals surface area contributed by atoms with Crippen molar-refractivity contribution in [2.24, 2.45) is 0 Å². The van der Waals surface area contributed by atoms with Crippen molar-refractivity contribution >= 4 is 11.6 Å². The summed E-state index contributed by atoms with van der Waals surface area (Å²) >= 11 is 0. The molecule has 0 amide bonds. The number of carbonyl (C=O) groups excluding carboxylic acids is 1. The summed E-state index contributed by atoms with van der Waals surface area (Å²) in [7, 11) is 0. The third-order valence-corrected chi connectivity index (χ3v) is 1.16. The van der Waals surface area contributed by atoms with Crippen LogP contribution in [0.3, 0.4) is 0 Å². The van der Waals surface area contributed by atoms with Gasteiger partial charge in [-0.2, -0.15) is 0 Å². The second-order valence-corrected chi connectivity index (χ2v) is 1.92. The number of anilines is 1. The highest BCUT2D eigenvalue weighted by atomic mass is 16.1. The van der Waals surface area contributed by atoms with E-state index in [4.69, 9.17) is 5.73 Å². The van der Waals surface area contributed by atoms with Crippen molar-refractivity contribution in [2.75, 3.05) is 5.73 Å². The molecule has 0 unspecified atom stereocenters. The standard InChI is InChI=1S/C5H7N3O2/c1-2(9)3-4(6)7-8-5(3)10/h1H3,(H4,6,7,8,10). The Morgan fingerprint density at radius 2 is 2.10 bits per heavy atom. The molecule has 0 bridgehead atoms. The van der Waals surface area contributed by atoms with E-state index in [0.717, 1.165) is 0 Å². The van der Waals surface area contributed by atoms with Gasteiger partial charge in [0, 0.05) is 0 Å². The Morgan fingerprint density at radius 1 is 1.50 bits per heavy atom. The van der Waals surface area contributed by atoms with Gasteiger partial charge in [0.2, 0.25) is 0 Å². The Hall–Kier alpha value is -1.52. The van der Waals surface area contributed by atoms with E-state index in [2.05, 4.69) is 10.2 Å². The fourth-order valence-corrected chi connectivity index (χ4v) is 0.721. The Morgan fingerprint density at radius 3 is 2.30 bits per heavy atom. The van der Waals surface area contributed by atoms with E-state index in [1.165, 1.54) is 6.92 Å². The number of nitrogens with two attached hydrogens (primary N) is 1. The van der Waals surface area contributed by atoms with Crippen molar-refractivity contribution in [2.45, 2.75) is 6.92 Å². The van der Waals surface area contributed by atoms with E-state index in [0.29, 0.717) is 0 Å². The molecule has 1 rings (SSSR count). The number of rotatable bonds is 1. The lowest BCUT2D eigenvalue weighted by Crippen LogP contribution is -2.10. The van der Waals surface area contributed by atoms with Gasteiger partial charge in [-0.1, -0.05) is 0 Å². The van der Waals surface area contributed by atoms with Crippen molar-refractivity contribution in [1.29, 1.82) is 0 Å². The highest BCUT2D eigenvalue weighted by Gasteiger charge is 2.10. The first-order chi connectivity index (χ1) is 4.63. The van der Waals surface area contributed by atoms with Crippen molar-refractivity contribution < 1.29 is 4.79 Å². The molecule has 0 radical (unpaired) electrons. The lowest BCUT2D eigenvalue weighted by atomic mass is 10.2. The van der Waals surface area contributed by atoms with Gasteiger partial charge in [-0.05, 0) is 6.92 Å². The highest BCUT2D eigenvalue weighted by Crippen LogP contribution is 1.99. The van der Waals surface area contributed by atoms with Gasteiger partial charge in [0.25, 0.3) is 5.56 Å². The zero-order valence-electron chi connectivity index (χ0n) is 5.39. The molecule has 4 N–H and O–H groups in total. The fraction of sp³-hybridized carbons (Fsp3) is 0.200. The molecule has 5 heteroatoms. The number of hydrogen-bond acceptors (Lipinski definition) is 3.